The van der Waals surface area contributed by atoms with Gasteiger partial charge in [-0.3, -0.25) is 0 Å². The van der Waals surface area contributed by atoms with E-state index < -0.39 is 0 Å². The third kappa shape index (κ3) is 3.64. The summed E-state index contributed by atoms with van der Waals surface area (Å²) < 4.78 is 25.6. The quantitative estimate of drug-likeness (QED) is 0.762. The summed E-state index contributed by atoms with van der Waals surface area (Å²) in [7, 11) is 1.59. The van der Waals surface area contributed by atoms with Crippen LogP contribution in [0.25, 0.3) is 0 Å². The number of methoxy groups -OCH3 is 1. The molecule has 0 aliphatic carbocycles. The number of nitrogens with two attached hydrogens (primary N) is 1. The van der Waals surface area contributed by atoms with Gasteiger partial charge in [0, 0.05) is 5.69 Å². The van der Waals surface area contributed by atoms with Crippen LogP contribution < -0.4 is 15.2 Å². The first kappa shape index (κ1) is 15.1. The normalized spacial score (nSPS) is 10.4. The number of ether oxygens (including phenoxy) is 2. The van der Waals surface area contributed by atoms with Gasteiger partial charge < -0.3 is 15.2 Å². The van der Waals surface area contributed by atoms with Crippen molar-refractivity contribution in [3.8, 4) is 11.5 Å². The molecule has 106 valence electrons. The standard InChI is InChI=1S/C14H12Br2FNO2/c1-19-13-5-12(16)14(6-11(13)15)20-7-8-2-9(17)4-10(18)3-8/h2-6H,7,18H2,1H3. The van der Waals surface area contributed by atoms with Crippen molar-refractivity contribution in [1.82, 2.24) is 0 Å². The van der Waals surface area contributed by atoms with Crippen molar-refractivity contribution >= 4 is 37.5 Å². The maximum Gasteiger partial charge on any atom is 0.135 e. The Labute approximate surface area is 133 Å². The smallest absolute Gasteiger partial charge is 0.135 e. The molecular weight excluding hydrogens is 393 g/mol. The zero-order valence-corrected chi connectivity index (χ0v) is 13.8. The lowest BCUT2D eigenvalue weighted by Crippen LogP contribution is -1.99. The molecule has 3 nitrogen and oxygen atoms in total. The fourth-order valence-corrected chi connectivity index (χ4v) is 2.62. The van der Waals surface area contributed by atoms with E-state index in [0.717, 1.165) is 8.95 Å². The monoisotopic (exact) mass is 403 g/mol. The zero-order valence-electron chi connectivity index (χ0n) is 10.6. The van der Waals surface area contributed by atoms with Crippen LogP contribution in [0.2, 0.25) is 0 Å². The molecule has 2 aromatic rings. The van der Waals surface area contributed by atoms with Crippen molar-refractivity contribution < 1.29 is 13.9 Å². The summed E-state index contributed by atoms with van der Waals surface area (Å²) in [6, 6.07) is 7.91. The molecule has 0 heterocycles. The highest BCUT2D eigenvalue weighted by atomic mass is 79.9. The molecule has 0 saturated heterocycles. The van der Waals surface area contributed by atoms with Gasteiger partial charge in [-0.2, -0.15) is 0 Å². The minimum atomic E-state index is -0.376. The molecule has 0 unspecified atom stereocenters. The molecule has 0 amide bonds. The highest BCUT2D eigenvalue weighted by Crippen LogP contribution is 2.36. The predicted octanol–water partition coefficient (Wildman–Crippen LogP) is 4.52. The summed E-state index contributed by atoms with van der Waals surface area (Å²) in [4.78, 5) is 0. The minimum absolute atomic E-state index is 0.222. The molecule has 0 saturated carbocycles. The van der Waals surface area contributed by atoms with Crippen molar-refractivity contribution in [3.05, 3.63) is 50.7 Å². The number of rotatable bonds is 4. The average Bonchev–Trinajstić information content (AvgIpc) is 2.38. The first-order chi connectivity index (χ1) is 9.49. The molecule has 0 aromatic heterocycles. The van der Waals surface area contributed by atoms with Crippen molar-refractivity contribution in [2.75, 3.05) is 12.8 Å². The van der Waals surface area contributed by atoms with Crippen LogP contribution in [0, 0.1) is 5.82 Å². The van der Waals surface area contributed by atoms with E-state index in [2.05, 4.69) is 31.9 Å². The van der Waals surface area contributed by atoms with Gasteiger partial charge in [-0.25, -0.2) is 4.39 Å². The van der Waals surface area contributed by atoms with Gasteiger partial charge in [0.05, 0.1) is 16.1 Å². The third-order valence-electron chi connectivity index (χ3n) is 2.58. The Balaban J connectivity index is 2.16. The summed E-state index contributed by atoms with van der Waals surface area (Å²) in [6.45, 7) is 0.222. The summed E-state index contributed by atoms with van der Waals surface area (Å²) in [5, 5.41) is 0. The Morgan fingerprint density at radius 2 is 1.70 bits per heavy atom. The van der Waals surface area contributed by atoms with Crippen LogP contribution in [0.4, 0.5) is 10.1 Å². The molecule has 0 spiro atoms. The van der Waals surface area contributed by atoms with Gasteiger partial charge in [0.15, 0.2) is 0 Å². The van der Waals surface area contributed by atoms with Crippen LogP contribution in [0.5, 0.6) is 11.5 Å². The fraction of sp³-hybridized carbons (Fsp3) is 0.143. The second kappa shape index (κ2) is 6.45. The second-order valence-corrected chi connectivity index (χ2v) is 5.81. The Morgan fingerprint density at radius 3 is 2.35 bits per heavy atom. The van der Waals surface area contributed by atoms with Crippen LogP contribution in [0.3, 0.4) is 0 Å². The summed E-state index contributed by atoms with van der Waals surface area (Å²) in [5.41, 5.74) is 6.63. The lowest BCUT2D eigenvalue weighted by molar-refractivity contribution is 0.302. The third-order valence-corrected chi connectivity index (χ3v) is 3.82. The summed E-state index contributed by atoms with van der Waals surface area (Å²) in [6.07, 6.45) is 0. The fourth-order valence-electron chi connectivity index (χ4n) is 1.70. The molecule has 0 aliphatic heterocycles. The molecule has 0 aliphatic rings. The van der Waals surface area contributed by atoms with Crippen LogP contribution in [0.15, 0.2) is 39.3 Å². The maximum atomic E-state index is 13.2. The molecule has 20 heavy (non-hydrogen) atoms. The Kier molecular flexibility index (Phi) is 4.88. The lowest BCUT2D eigenvalue weighted by Gasteiger charge is -2.11. The Bertz CT molecular complexity index is 615. The largest absolute Gasteiger partial charge is 0.496 e. The van der Waals surface area contributed by atoms with E-state index in [9.17, 15) is 4.39 Å². The van der Waals surface area contributed by atoms with Crippen LogP contribution in [0.1, 0.15) is 5.56 Å². The topological polar surface area (TPSA) is 44.5 Å². The van der Waals surface area contributed by atoms with Gasteiger partial charge in [0.25, 0.3) is 0 Å². The van der Waals surface area contributed by atoms with Crippen LogP contribution in [-0.2, 0) is 6.61 Å². The zero-order chi connectivity index (χ0) is 14.7. The molecular formula is C14H12Br2FNO2. The van der Waals surface area contributed by atoms with E-state index in [0.29, 0.717) is 22.7 Å². The van der Waals surface area contributed by atoms with Crippen molar-refractivity contribution in [3.63, 3.8) is 0 Å². The number of nitrogen functional groups attached to an aromatic ring is 1. The predicted molar refractivity (Wildman–Crippen MR) is 83.5 cm³/mol. The van der Waals surface area contributed by atoms with E-state index in [1.165, 1.54) is 12.1 Å². The van der Waals surface area contributed by atoms with Gasteiger partial charge >= 0.3 is 0 Å². The highest BCUT2D eigenvalue weighted by molar-refractivity contribution is 9.11. The number of halogens is 3. The first-order valence-corrected chi connectivity index (χ1v) is 7.29. The van der Waals surface area contributed by atoms with Crippen LogP contribution >= 0.6 is 31.9 Å². The molecule has 2 N–H and O–H groups in total. The van der Waals surface area contributed by atoms with Crippen molar-refractivity contribution in [1.29, 1.82) is 0 Å². The first-order valence-electron chi connectivity index (χ1n) is 5.70. The SMILES string of the molecule is COc1cc(Br)c(OCc2cc(N)cc(F)c2)cc1Br. The van der Waals surface area contributed by atoms with Gasteiger partial charge in [-0.05, 0) is 67.8 Å². The summed E-state index contributed by atoms with van der Waals surface area (Å²) in [5.74, 6) is 0.943. The molecule has 0 radical (unpaired) electrons. The average molecular weight is 405 g/mol. The van der Waals surface area contributed by atoms with Gasteiger partial charge in [0.2, 0.25) is 0 Å². The number of benzene rings is 2. The maximum absolute atomic E-state index is 13.2. The molecule has 0 fully saturated rings. The van der Waals surface area contributed by atoms with Gasteiger partial charge in [-0.1, -0.05) is 0 Å². The van der Waals surface area contributed by atoms with E-state index in [4.69, 9.17) is 15.2 Å². The molecule has 0 atom stereocenters. The molecule has 2 rings (SSSR count). The van der Waals surface area contributed by atoms with E-state index in [1.807, 2.05) is 0 Å². The van der Waals surface area contributed by atoms with E-state index in [1.54, 1.807) is 25.3 Å². The van der Waals surface area contributed by atoms with E-state index in [-0.39, 0.29) is 12.4 Å². The Hall–Kier alpha value is -1.27. The van der Waals surface area contributed by atoms with Crippen molar-refractivity contribution in [2.24, 2.45) is 0 Å². The second-order valence-electron chi connectivity index (χ2n) is 4.10. The highest BCUT2D eigenvalue weighted by Gasteiger charge is 2.09. The van der Waals surface area contributed by atoms with Crippen LogP contribution in [-0.4, -0.2) is 7.11 Å². The van der Waals surface area contributed by atoms with E-state index >= 15 is 0 Å². The van der Waals surface area contributed by atoms with Gasteiger partial charge in [0.1, 0.15) is 23.9 Å². The van der Waals surface area contributed by atoms with Gasteiger partial charge in [-0.15, -0.1) is 0 Å². The number of hydrogen-bond acceptors (Lipinski definition) is 3. The van der Waals surface area contributed by atoms with Crippen molar-refractivity contribution in [2.45, 2.75) is 6.61 Å². The lowest BCUT2D eigenvalue weighted by atomic mass is 10.2. The molecule has 2 aromatic carbocycles. The summed E-state index contributed by atoms with van der Waals surface area (Å²) >= 11 is 6.79. The Morgan fingerprint density at radius 1 is 1.05 bits per heavy atom. The molecule has 0 bridgehead atoms. The minimum Gasteiger partial charge on any atom is -0.496 e. The molecule has 6 heteroatoms. The number of anilines is 1. The number of hydrogen-bond donors (Lipinski definition) is 1.